The third kappa shape index (κ3) is 2.70. The molecule has 1 aromatic heterocycles. The fourth-order valence-corrected chi connectivity index (χ4v) is 1.36. The lowest BCUT2D eigenvalue weighted by Gasteiger charge is -2.08. The second kappa shape index (κ2) is 5.27. The van der Waals surface area contributed by atoms with Crippen LogP contribution in [0.4, 0.5) is 0 Å². The van der Waals surface area contributed by atoms with E-state index in [9.17, 15) is 0 Å². The first-order valence-electron chi connectivity index (χ1n) is 5.15. The lowest BCUT2D eigenvalue weighted by molar-refractivity contribution is 0.406. The van der Waals surface area contributed by atoms with Crippen LogP contribution >= 0.6 is 0 Å². The van der Waals surface area contributed by atoms with Crippen molar-refractivity contribution in [3.63, 3.8) is 0 Å². The highest BCUT2D eigenvalue weighted by atomic mass is 16.5. The highest BCUT2D eigenvalue weighted by molar-refractivity contribution is 5.35. The molecule has 0 radical (unpaired) electrons. The molecular formula is C12H13N3O2. The van der Waals surface area contributed by atoms with E-state index in [2.05, 4.69) is 9.97 Å². The van der Waals surface area contributed by atoms with Gasteiger partial charge in [-0.1, -0.05) is 6.07 Å². The van der Waals surface area contributed by atoms with Crippen molar-refractivity contribution in [1.29, 1.82) is 0 Å². The van der Waals surface area contributed by atoms with Crippen LogP contribution in [0.15, 0.2) is 36.7 Å². The highest BCUT2D eigenvalue weighted by Gasteiger charge is 2.06. The summed E-state index contributed by atoms with van der Waals surface area (Å²) in [6.07, 6.45) is 3.15. The number of methoxy groups -OCH3 is 1. The van der Waals surface area contributed by atoms with Gasteiger partial charge in [-0.05, 0) is 12.1 Å². The number of nitrogens with zero attached hydrogens (tertiary/aromatic N) is 2. The van der Waals surface area contributed by atoms with E-state index in [-0.39, 0.29) is 6.54 Å². The Balaban J connectivity index is 2.24. The fraction of sp³-hybridized carbons (Fsp3) is 0.167. The van der Waals surface area contributed by atoms with E-state index in [1.165, 1.54) is 0 Å². The zero-order valence-electron chi connectivity index (χ0n) is 9.46. The van der Waals surface area contributed by atoms with Crippen LogP contribution in [0.25, 0.3) is 0 Å². The van der Waals surface area contributed by atoms with E-state index < -0.39 is 0 Å². The summed E-state index contributed by atoms with van der Waals surface area (Å²) >= 11 is 0. The van der Waals surface area contributed by atoms with Gasteiger partial charge in [0.2, 0.25) is 5.88 Å². The Kier molecular flexibility index (Phi) is 3.52. The van der Waals surface area contributed by atoms with Crippen LogP contribution in [0.3, 0.4) is 0 Å². The van der Waals surface area contributed by atoms with Gasteiger partial charge in [0.05, 0.1) is 7.11 Å². The van der Waals surface area contributed by atoms with Crippen molar-refractivity contribution in [3.8, 4) is 17.4 Å². The van der Waals surface area contributed by atoms with Crippen molar-refractivity contribution in [2.75, 3.05) is 7.11 Å². The van der Waals surface area contributed by atoms with Gasteiger partial charge in [-0.25, -0.2) is 4.98 Å². The molecule has 0 saturated heterocycles. The van der Waals surface area contributed by atoms with Crippen molar-refractivity contribution in [1.82, 2.24) is 9.97 Å². The van der Waals surface area contributed by atoms with Gasteiger partial charge in [-0.2, -0.15) is 0 Å². The van der Waals surface area contributed by atoms with Crippen molar-refractivity contribution < 1.29 is 9.47 Å². The van der Waals surface area contributed by atoms with Crippen molar-refractivity contribution in [2.45, 2.75) is 6.54 Å². The molecule has 0 fully saturated rings. The zero-order chi connectivity index (χ0) is 12.1. The third-order valence-corrected chi connectivity index (χ3v) is 2.18. The van der Waals surface area contributed by atoms with Gasteiger partial charge in [0.15, 0.2) is 0 Å². The molecule has 5 nitrogen and oxygen atoms in total. The van der Waals surface area contributed by atoms with Crippen molar-refractivity contribution in [3.05, 3.63) is 42.4 Å². The average molecular weight is 231 g/mol. The summed E-state index contributed by atoms with van der Waals surface area (Å²) in [5.74, 6) is 1.78. The summed E-state index contributed by atoms with van der Waals surface area (Å²) in [5, 5.41) is 0. The lowest BCUT2D eigenvalue weighted by atomic mass is 10.3. The van der Waals surface area contributed by atoms with Crippen molar-refractivity contribution >= 4 is 0 Å². The largest absolute Gasteiger partial charge is 0.497 e. The molecule has 0 bridgehead atoms. The molecule has 5 heteroatoms. The maximum absolute atomic E-state index is 5.61. The highest BCUT2D eigenvalue weighted by Crippen LogP contribution is 2.24. The standard InChI is InChI=1S/C12H13N3O2/c1-16-9-3-2-4-10(7-9)17-12-11(8-13)14-5-6-15-12/h2-7H,8,13H2,1H3. The zero-order valence-corrected chi connectivity index (χ0v) is 9.46. The van der Waals surface area contributed by atoms with Gasteiger partial charge in [-0.15, -0.1) is 0 Å². The van der Waals surface area contributed by atoms with Gasteiger partial charge in [0.25, 0.3) is 0 Å². The summed E-state index contributed by atoms with van der Waals surface area (Å²) in [5.41, 5.74) is 6.17. The number of benzene rings is 1. The molecule has 17 heavy (non-hydrogen) atoms. The van der Waals surface area contributed by atoms with Crippen LogP contribution in [0.1, 0.15) is 5.69 Å². The average Bonchev–Trinajstić information content (AvgIpc) is 2.39. The molecule has 88 valence electrons. The minimum Gasteiger partial charge on any atom is -0.497 e. The monoisotopic (exact) mass is 231 g/mol. The van der Waals surface area contributed by atoms with E-state index >= 15 is 0 Å². The second-order valence-corrected chi connectivity index (χ2v) is 3.29. The Hall–Kier alpha value is -2.14. The Morgan fingerprint density at radius 1 is 1.18 bits per heavy atom. The summed E-state index contributed by atoms with van der Waals surface area (Å²) in [6, 6.07) is 7.27. The molecule has 1 heterocycles. The van der Waals surface area contributed by atoms with Gasteiger partial charge in [0.1, 0.15) is 17.2 Å². The third-order valence-electron chi connectivity index (χ3n) is 2.18. The number of hydrogen-bond acceptors (Lipinski definition) is 5. The van der Waals surface area contributed by atoms with E-state index in [0.29, 0.717) is 17.3 Å². The number of rotatable bonds is 4. The molecule has 0 aliphatic heterocycles. The molecule has 0 unspecified atom stereocenters. The molecule has 2 rings (SSSR count). The lowest BCUT2D eigenvalue weighted by Crippen LogP contribution is -2.03. The molecule has 0 atom stereocenters. The molecule has 0 amide bonds. The van der Waals surface area contributed by atoms with Gasteiger partial charge < -0.3 is 15.2 Å². The Bertz CT molecular complexity index is 503. The van der Waals surface area contributed by atoms with Gasteiger partial charge >= 0.3 is 0 Å². The number of ether oxygens (including phenoxy) is 2. The van der Waals surface area contributed by atoms with Crippen LogP contribution < -0.4 is 15.2 Å². The quantitative estimate of drug-likeness (QED) is 0.867. The minimum absolute atomic E-state index is 0.285. The Morgan fingerprint density at radius 3 is 2.71 bits per heavy atom. The van der Waals surface area contributed by atoms with Gasteiger partial charge in [-0.3, -0.25) is 4.98 Å². The SMILES string of the molecule is COc1cccc(Oc2nccnc2CN)c1. The first kappa shape index (κ1) is 11.3. The normalized spacial score (nSPS) is 10.0. The van der Waals surface area contributed by atoms with Crippen LogP contribution in [-0.2, 0) is 6.54 Å². The Morgan fingerprint density at radius 2 is 1.94 bits per heavy atom. The Labute approximate surface area is 99.2 Å². The van der Waals surface area contributed by atoms with Crippen LogP contribution in [0.5, 0.6) is 17.4 Å². The summed E-state index contributed by atoms with van der Waals surface area (Å²) in [7, 11) is 1.60. The molecule has 0 aliphatic carbocycles. The van der Waals surface area contributed by atoms with Crippen LogP contribution in [0, 0.1) is 0 Å². The van der Waals surface area contributed by atoms with E-state index in [0.717, 1.165) is 5.75 Å². The molecule has 0 saturated carbocycles. The summed E-state index contributed by atoms with van der Waals surface area (Å²) < 4.78 is 10.7. The fourth-order valence-electron chi connectivity index (χ4n) is 1.36. The number of nitrogens with two attached hydrogens (primary N) is 1. The minimum atomic E-state index is 0.285. The maximum atomic E-state index is 5.61. The molecule has 2 N–H and O–H groups in total. The predicted octanol–water partition coefficient (Wildman–Crippen LogP) is 1.74. The first-order chi connectivity index (χ1) is 8.33. The smallest absolute Gasteiger partial charge is 0.242 e. The van der Waals surface area contributed by atoms with E-state index in [1.54, 1.807) is 25.6 Å². The molecule has 1 aromatic carbocycles. The maximum Gasteiger partial charge on any atom is 0.242 e. The summed E-state index contributed by atoms with van der Waals surface area (Å²) in [6.45, 7) is 0.285. The topological polar surface area (TPSA) is 70.3 Å². The predicted molar refractivity (Wildman–Crippen MR) is 63.0 cm³/mol. The first-order valence-corrected chi connectivity index (χ1v) is 5.15. The summed E-state index contributed by atoms with van der Waals surface area (Å²) in [4.78, 5) is 8.19. The molecule has 0 spiro atoms. The second-order valence-electron chi connectivity index (χ2n) is 3.29. The van der Waals surface area contributed by atoms with Crippen LogP contribution in [0.2, 0.25) is 0 Å². The number of aromatic nitrogens is 2. The van der Waals surface area contributed by atoms with Gasteiger partial charge in [0, 0.05) is 25.0 Å². The molecule has 0 aliphatic rings. The number of hydrogen-bond donors (Lipinski definition) is 1. The van der Waals surface area contributed by atoms with E-state index in [4.69, 9.17) is 15.2 Å². The molecule has 2 aromatic rings. The van der Waals surface area contributed by atoms with Crippen LogP contribution in [-0.4, -0.2) is 17.1 Å². The van der Waals surface area contributed by atoms with E-state index in [1.807, 2.05) is 18.2 Å². The van der Waals surface area contributed by atoms with Crippen molar-refractivity contribution in [2.24, 2.45) is 5.73 Å². The molecular weight excluding hydrogens is 218 g/mol.